The van der Waals surface area contributed by atoms with E-state index in [4.69, 9.17) is 4.74 Å². The Kier molecular flexibility index (Phi) is 4.73. The second-order valence-electron chi connectivity index (χ2n) is 5.37. The summed E-state index contributed by atoms with van der Waals surface area (Å²) in [7, 11) is 0. The number of ether oxygens (including phenoxy) is 1. The molecule has 0 saturated carbocycles. The van der Waals surface area contributed by atoms with Crippen molar-refractivity contribution < 1.29 is 9.53 Å². The lowest BCUT2D eigenvalue weighted by atomic mass is 10.1. The maximum Gasteiger partial charge on any atom is 0.287 e. The van der Waals surface area contributed by atoms with Crippen LogP contribution in [0.3, 0.4) is 0 Å². The molecule has 2 heterocycles. The first-order valence-corrected chi connectivity index (χ1v) is 7.65. The third-order valence-corrected chi connectivity index (χ3v) is 3.83. The number of hydrogen-bond acceptors (Lipinski definition) is 4. The minimum atomic E-state index is -0.251. The van der Waals surface area contributed by atoms with Crippen molar-refractivity contribution in [3.05, 3.63) is 53.9 Å². The second-order valence-corrected chi connectivity index (χ2v) is 5.37. The monoisotopic (exact) mass is 312 g/mol. The van der Waals surface area contributed by atoms with Crippen molar-refractivity contribution in [2.75, 3.05) is 31.2 Å². The number of nitrogens with one attached hydrogen (secondary N) is 2. The molecule has 6 nitrogen and oxygen atoms in total. The molecule has 2 N–H and O–H groups in total. The fourth-order valence-electron chi connectivity index (χ4n) is 2.47. The SMILES string of the molecule is C/C(=N/NC(=O)c1ccc[nH]1)c1ccc(N2CCOCC2)cc1. The normalized spacial score (nSPS) is 15.5. The average molecular weight is 312 g/mol. The maximum absolute atomic E-state index is 11.8. The van der Waals surface area contributed by atoms with E-state index in [1.807, 2.05) is 19.1 Å². The molecule has 23 heavy (non-hydrogen) atoms. The van der Waals surface area contributed by atoms with Crippen LogP contribution in [-0.4, -0.2) is 42.9 Å². The molecule has 1 aliphatic heterocycles. The van der Waals surface area contributed by atoms with E-state index in [0.717, 1.165) is 37.6 Å². The van der Waals surface area contributed by atoms with Crippen LogP contribution in [0, 0.1) is 0 Å². The molecule has 0 aliphatic carbocycles. The van der Waals surface area contributed by atoms with Gasteiger partial charge in [0.2, 0.25) is 0 Å². The number of carbonyl (C=O) groups excluding carboxylic acids is 1. The predicted octanol–water partition coefficient (Wildman–Crippen LogP) is 2.01. The van der Waals surface area contributed by atoms with Gasteiger partial charge in [-0.3, -0.25) is 4.79 Å². The molecule has 0 bridgehead atoms. The van der Waals surface area contributed by atoms with Crippen LogP contribution in [0.1, 0.15) is 23.0 Å². The predicted molar refractivity (Wildman–Crippen MR) is 89.9 cm³/mol. The first-order valence-electron chi connectivity index (χ1n) is 7.65. The number of anilines is 1. The van der Waals surface area contributed by atoms with Gasteiger partial charge >= 0.3 is 0 Å². The number of H-pyrrole nitrogens is 1. The molecule has 1 saturated heterocycles. The highest BCUT2D eigenvalue weighted by molar-refractivity contribution is 6.00. The zero-order valence-corrected chi connectivity index (χ0v) is 13.1. The van der Waals surface area contributed by atoms with Gasteiger partial charge in [0.05, 0.1) is 18.9 Å². The van der Waals surface area contributed by atoms with Gasteiger partial charge in [-0.15, -0.1) is 0 Å². The van der Waals surface area contributed by atoms with Gasteiger partial charge in [0.1, 0.15) is 5.69 Å². The molecule has 0 unspecified atom stereocenters. The van der Waals surface area contributed by atoms with Crippen LogP contribution in [-0.2, 0) is 4.74 Å². The molecule has 1 aromatic carbocycles. The molecule has 3 rings (SSSR count). The lowest BCUT2D eigenvalue weighted by Gasteiger charge is -2.28. The first-order chi connectivity index (χ1) is 11.2. The Morgan fingerprint density at radius 1 is 1.22 bits per heavy atom. The Morgan fingerprint density at radius 2 is 1.96 bits per heavy atom. The molecule has 1 aromatic heterocycles. The van der Waals surface area contributed by atoms with E-state index < -0.39 is 0 Å². The Labute approximate surface area is 135 Å². The van der Waals surface area contributed by atoms with Crippen molar-refractivity contribution in [3.8, 4) is 0 Å². The highest BCUT2D eigenvalue weighted by atomic mass is 16.5. The van der Waals surface area contributed by atoms with Crippen molar-refractivity contribution >= 4 is 17.3 Å². The van der Waals surface area contributed by atoms with Crippen LogP contribution in [0.5, 0.6) is 0 Å². The number of rotatable bonds is 4. The third kappa shape index (κ3) is 3.78. The third-order valence-electron chi connectivity index (χ3n) is 3.83. The van der Waals surface area contributed by atoms with Crippen LogP contribution in [0.25, 0.3) is 0 Å². The molecule has 0 atom stereocenters. The van der Waals surface area contributed by atoms with E-state index >= 15 is 0 Å². The highest BCUT2D eigenvalue weighted by Crippen LogP contribution is 2.17. The number of hydrogen-bond donors (Lipinski definition) is 2. The van der Waals surface area contributed by atoms with E-state index in [9.17, 15) is 4.79 Å². The zero-order valence-electron chi connectivity index (χ0n) is 13.1. The Hall–Kier alpha value is -2.60. The van der Waals surface area contributed by atoms with Crippen LogP contribution in [0.4, 0.5) is 5.69 Å². The van der Waals surface area contributed by atoms with Crippen molar-refractivity contribution in [3.63, 3.8) is 0 Å². The van der Waals surface area contributed by atoms with Gasteiger partial charge in [-0.25, -0.2) is 5.43 Å². The summed E-state index contributed by atoms with van der Waals surface area (Å²) in [6, 6.07) is 11.7. The zero-order chi connectivity index (χ0) is 16.1. The molecule has 2 aromatic rings. The summed E-state index contributed by atoms with van der Waals surface area (Å²) in [6.45, 7) is 5.25. The number of nitrogens with zero attached hydrogens (tertiary/aromatic N) is 2. The van der Waals surface area contributed by atoms with Crippen LogP contribution in [0.15, 0.2) is 47.7 Å². The molecule has 1 amide bonds. The summed E-state index contributed by atoms with van der Waals surface area (Å²) in [6.07, 6.45) is 1.70. The molecular weight excluding hydrogens is 292 g/mol. The second kappa shape index (κ2) is 7.11. The summed E-state index contributed by atoms with van der Waals surface area (Å²) in [5, 5.41) is 4.16. The number of carbonyl (C=O) groups is 1. The van der Waals surface area contributed by atoms with E-state index in [1.165, 1.54) is 5.69 Å². The van der Waals surface area contributed by atoms with Gasteiger partial charge in [0, 0.05) is 25.0 Å². The smallest absolute Gasteiger partial charge is 0.287 e. The molecular formula is C17H20N4O2. The lowest BCUT2D eigenvalue weighted by Crippen LogP contribution is -2.36. The standard InChI is InChI=1S/C17H20N4O2/c1-13(19-20-17(22)16-3-2-8-18-16)14-4-6-15(7-5-14)21-9-11-23-12-10-21/h2-8,18H,9-12H2,1H3,(H,20,22)/b19-13-. The number of aromatic nitrogens is 1. The lowest BCUT2D eigenvalue weighted by molar-refractivity contribution is 0.0950. The van der Waals surface area contributed by atoms with Crippen molar-refractivity contribution in [1.29, 1.82) is 0 Å². The van der Waals surface area contributed by atoms with Crippen molar-refractivity contribution in [2.45, 2.75) is 6.92 Å². The van der Waals surface area contributed by atoms with E-state index in [0.29, 0.717) is 5.69 Å². The Bertz CT molecular complexity index is 671. The van der Waals surface area contributed by atoms with Crippen LogP contribution < -0.4 is 10.3 Å². The number of amides is 1. The Morgan fingerprint density at radius 3 is 2.61 bits per heavy atom. The first kappa shape index (κ1) is 15.3. The maximum atomic E-state index is 11.8. The summed E-state index contributed by atoms with van der Waals surface area (Å²) in [5.74, 6) is -0.251. The van der Waals surface area contributed by atoms with E-state index in [2.05, 4.69) is 32.5 Å². The van der Waals surface area contributed by atoms with Gasteiger partial charge in [0.25, 0.3) is 5.91 Å². The Balaban J connectivity index is 1.63. The number of morpholine rings is 1. The summed E-state index contributed by atoms with van der Waals surface area (Å²) >= 11 is 0. The number of hydrazone groups is 1. The molecule has 0 spiro atoms. The fourth-order valence-corrected chi connectivity index (χ4v) is 2.47. The number of benzene rings is 1. The van der Waals surface area contributed by atoms with Crippen molar-refractivity contribution in [1.82, 2.24) is 10.4 Å². The highest BCUT2D eigenvalue weighted by Gasteiger charge is 2.11. The quantitative estimate of drug-likeness (QED) is 0.670. The van der Waals surface area contributed by atoms with E-state index in [1.54, 1.807) is 18.3 Å². The van der Waals surface area contributed by atoms with Gasteiger partial charge in [0.15, 0.2) is 0 Å². The molecule has 1 fully saturated rings. The molecule has 120 valence electrons. The largest absolute Gasteiger partial charge is 0.378 e. The van der Waals surface area contributed by atoms with E-state index in [-0.39, 0.29) is 5.91 Å². The van der Waals surface area contributed by atoms with Crippen LogP contribution >= 0.6 is 0 Å². The molecule has 1 aliphatic rings. The van der Waals surface area contributed by atoms with Crippen LogP contribution in [0.2, 0.25) is 0 Å². The van der Waals surface area contributed by atoms with Gasteiger partial charge < -0.3 is 14.6 Å². The summed E-state index contributed by atoms with van der Waals surface area (Å²) in [5.41, 5.74) is 5.97. The van der Waals surface area contributed by atoms with Gasteiger partial charge in [-0.05, 0) is 36.8 Å². The summed E-state index contributed by atoms with van der Waals surface area (Å²) < 4.78 is 5.36. The van der Waals surface area contributed by atoms with Gasteiger partial charge in [-0.2, -0.15) is 5.10 Å². The molecule has 0 radical (unpaired) electrons. The topological polar surface area (TPSA) is 69.7 Å². The molecule has 6 heteroatoms. The number of aromatic amines is 1. The van der Waals surface area contributed by atoms with Gasteiger partial charge in [-0.1, -0.05) is 12.1 Å². The average Bonchev–Trinajstić information content (AvgIpc) is 3.15. The summed E-state index contributed by atoms with van der Waals surface area (Å²) in [4.78, 5) is 17.0. The van der Waals surface area contributed by atoms with Crippen molar-refractivity contribution in [2.24, 2.45) is 5.10 Å². The minimum absolute atomic E-state index is 0.251. The minimum Gasteiger partial charge on any atom is -0.378 e. The fraction of sp³-hybridized carbons (Fsp3) is 0.294.